The molecule has 0 saturated heterocycles. The van der Waals surface area contributed by atoms with Gasteiger partial charge in [0.1, 0.15) is 5.82 Å². The molecule has 0 aliphatic heterocycles. The first-order chi connectivity index (χ1) is 8.20. The molecule has 1 atom stereocenters. The number of carbonyl (C=O) groups is 1. The van der Waals surface area contributed by atoms with Gasteiger partial charge in [-0.05, 0) is 24.1 Å². The van der Waals surface area contributed by atoms with E-state index in [1.807, 2.05) is 0 Å². The Bertz CT molecular complexity index is 445. The smallest absolute Gasteiger partial charge is 0.416 e. The Hall–Kier alpha value is -1.63. The van der Waals surface area contributed by atoms with Crippen molar-refractivity contribution in [2.24, 2.45) is 5.73 Å². The molecule has 0 radical (unpaired) electrons. The first kappa shape index (κ1) is 14.4. The second-order valence-electron chi connectivity index (χ2n) is 3.87. The molecule has 0 aromatic heterocycles. The van der Waals surface area contributed by atoms with Crippen molar-refractivity contribution >= 4 is 5.97 Å². The average Bonchev–Trinajstić information content (AvgIpc) is 2.18. The lowest BCUT2D eigenvalue weighted by atomic mass is 10.0. The molecule has 100 valence electrons. The number of benzene rings is 1. The van der Waals surface area contributed by atoms with Gasteiger partial charge in [-0.3, -0.25) is 4.79 Å². The van der Waals surface area contributed by atoms with Crippen molar-refractivity contribution in [2.75, 3.05) is 0 Å². The standard InChI is InChI=1S/C11H11F4NO2/c12-9-4-7(11(13,14)15)2-1-6(9)3-8(16)5-10(17)18/h1-2,4,8H,3,5,16H2,(H,17,18)/t8-/m1/s1. The van der Waals surface area contributed by atoms with Crippen LogP contribution >= 0.6 is 0 Å². The lowest BCUT2D eigenvalue weighted by Crippen LogP contribution is -2.26. The maximum atomic E-state index is 13.4. The topological polar surface area (TPSA) is 63.3 Å². The monoisotopic (exact) mass is 265 g/mol. The molecule has 3 nitrogen and oxygen atoms in total. The zero-order chi connectivity index (χ0) is 13.9. The molecule has 0 saturated carbocycles. The summed E-state index contributed by atoms with van der Waals surface area (Å²) in [4.78, 5) is 10.3. The Labute approximate surface area is 100 Å². The first-order valence-corrected chi connectivity index (χ1v) is 5.03. The molecule has 3 N–H and O–H groups in total. The van der Waals surface area contributed by atoms with Crippen LogP contribution in [0.1, 0.15) is 17.5 Å². The number of alkyl halides is 3. The SMILES string of the molecule is N[C@@H](CC(=O)O)Cc1ccc(C(F)(F)F)cc1F. The van der Waals surface area contributed by atoms with E-state index in [4.69, 9.17) is 10.8 Å². The van der Waals surface area contributed by atoms with Crippen molar-refractivity contribution in [1.82, 2.24) is 0 Å². The van der Waals surface area contributed by atoms with Crippen LogP contribution in [0.25, 0.3) is 0 Å². The van der Waals surface area contributed by atoms with Crippen LogP contribution in [-0.2, 0) is 17.4 Å². The minimum absolute atomic E-state index is 0.0308. The van der Waals surface area contributed by atoms with E-state index in [1.165, 1.54) is 0 Å². The van der Waals surface area contributed by atoms with Crippen LogP contribution < -0.4 is 5.73 Å². The summed E-state index contributed by atoms with van der Waals surface area (Å²) in [6, 6.07) is 1.25. The van der Waals surface area contributed by atoms with E-state index in [-0.39, 0.29) is 18.4 Å². The fourth-order valence-electron chi connectivity index (χ4n) is 1.47. The number of aliphatic carboxylic acids is 1. The summed E-state index contributed by atoms with van der Waals surface area (Å²) < 4.78 is 50.2. The Morgan fingerprint density at radius 3 is 2.44 bits per heavy atom. The third-order valence-corrected chi connectivity index (χ3v) is 2.30. The number of carboxylic acids is 1. The van der Waals surface area contributed by atoms with Crippen LogP contribution in [-0.4, -0.2) is 17.1 Å². The van der Waals surface area contributed by atoms with Crippen molar-refractivity contribution < 1.29 is 27.5 Å². The molecular formula is C11H11F4NO2. The quantitative estimate of drug-likeness (QED) is 0.820. The third kappa shape index (κ3) is 3.99. The fourth-order valence-corrected chi connectivity index (χ4v) is 1.47. The predicted octanol–water partition coefficient (Wildman–Crippen LogP) is 2.19. The van der Waals surface area contributed by atoms with Gasteiger partial charge < -0.3 is 10.8 Å². The van der Waals surface area contributed by atoms with Gasteiger partial charge in [-0.25, -0.2) is 4.39 Å². The number of carboxylic acid groups (broad SMARTS) is 1. The Morgan fingerprint density at radius 1 is 1.39 bits per heavy atom. The zero-order valence-electron chi connectivity index (χ0n) is 9.17. The van der Waals surface area contributed by atoms with Crippen LogP contribution in [0.4, 0.5) is 17.6 Å². The Balaban J connectivity index is 2.83. The molecule has 0 heterocycles. The molecular weight excluding hydrogens is 254 g/mol. The zero-order valence-corrected chi connectivity index (χ0v) is 9.17. The van der Waals surface area contributed by atoms with Crippen molar-refractivity contribution in [3.63, 3.8) is 0 Å². The lowest BCUT2D eigenvalue weighted by Gasteiger charge is -2.12. The number of nitrogens with two attached hydrogens (primary N) is 1. The minimum Gasteiger partial charge on any atom is -0.481 e. The van der Waals surface area contributed by atoms with Gasteiger partial charge in [0.2, 0.25) is 0 Å². The molecule has 1 aromatic carbocycles. The highest BCUT2D eigenvalue weighted by Crippen LogP contribution is 2.30. The highest BCUT2D eigenvalue weighted by molar-refractivity contribution is 5.67. The van der Waals surface area contributed by atoms with Gasteiger partial charge in [0.25, 0.3) is 0 Å². The van der Waals surface area contributed by atoms with Gasteiger partial charge in [-0.1, -0.05) is 6.07 Å². The summed E-state index contributed by atoms with van der Waals surface area (Å²) >= 11 is 0. The van der Waals surface area contributed by atoms with Crippen molar-refractivity contribution in [3.8, 4) is 0 Å². The van der Waals surface area contributed by atoms with E-state index >= 15 is 0 Å². The van der Waals surface area contributed by atoms with E-state index in [0.717, 1.165) is 12.1 Å². The van der Waals surface area contributed by atoms with E-state index in [0.29, 0.717) is 6.07 Å². The summed E-state index contributed by atoms with van der Waals surface area (Å²) in [7, 11) is 0. The van der Waals surface area contributed by atoms with Crippen LogP contribution in [0.15, 0.2) is 18.2 Å². The van der Waals surface area contributed by atoms with Gasteiger partial charge in [0.05, 0.1) is 12.0 Å². The van der Waals surface area contributed by atoms with E-state index in [2.05, 4.69) is 0 Å². The second-order valence-corrected chi connectivity index (χ2v) is 3.87. The molecule has 1 rings (SSSR count). The lowest BCUT2D eigenvalue weighted by molar-refractivity contribution is -0.138. The van der Waals surface area contributed by atoms with Crippen molar-refractivity contribution in [2.45, 2.75) is 25.1 Å². The molecule has 18 heavy (non-hydrogen) atoms. The summed E-state index contributed by atoms with van der Waals surface area (Å²) in [6.07, 6.45) is -5.11. The van der Waals surface area contributed by atoms with Crippen LogP contribution in [0.2, 0.25) is 0 Å². The van der Waals surface area contributed by atoms with E-state index in [9.17, 15) is 22.4 Å². The number of rotatable bonds is 4. The summed E-state index contributed by atoms with van der Waals surface area (Å²) in [5.41, 5.74) is 4.31. The molecule has 0 bridgehead atoms. The van der Waals surface area contributed by atoms with Crippen molar-refractivity contribution in [1.29, 1.82) is 0 Å². The molecule has 1 aromatic rings. The third-order valence-electron chi connectivity index (χ3n) is 2.30. The van der Waals surface area contributed by atoms with Gasteiger partial charge in [-0.15, -0.1) is 0 Å². The van der Waals surface area contributed by atoms with Crippen LogP contribution in [0.3, 0.4) is 0 Å². The fraction of sp³-hybridized carbons (Fsp3) is 0.364. The largest absolute Gasteiger partial charge is 0.481 e. The molecule has 7 heteroatoms. The molecule has 0 unspecified atom stereocenters. The van der Waals surface area contributed by atoms with Crippen LogP contribution in [0.5, 0.6) is 0 Å². The summed E-state index contributed by atoms with van der Waals surface area (Å²) in [6.45, 7) is 0. The van der Waals surface area contributed by atoms with Gasteiger partial charge >= 0.3 is 12.1 Å². The number of hydrogen-bond donors (Lipinski definition) is 2. The average molecular weight is 265 g/mol. The molecule has 0 spiro atoms. The minimum atomic E-state index is -4.61. The Morgan fingerprint density at radius 2 is 2.00 bits per heavy atom. The maximum Gasteiger partial charge on any atom is 0.416 e. The van der Waals surface area contributed by atoms with Gasteiger partial charge in [0.15, 0.2) is 0 Å². The number of hydrogen-bond acceptors (Lipinski definition) is 2. The highest BCUT2D eigenvalue weighted by atomic mass is 19.4. The maximum absolute atomic E-state index is 13.4. The molecule has 0 fully saturated rings. The van der Waals surface area contributed by atoms with E-state index in [1.54, 1.807) is 0 Å². The first-order valence-electron chi connectivity index (χ1n) is 5.03. The summed E-state index contributed by atoms with van der Waals surface area (Å²) in [5, 5.41) is 8.46. The predicted molar refractivity (Wildman–Crippen MR) is 55.3 cm³/mol. The Kier molecular flexibility index (Phi) is 4.28. The molecule has 0 aliphatic carbocycles. The highest BCUT2D eigenvalue weighted by Gasteiger charge is 2.31. The molecule has 0 amide bonds. The normalized spacial score (nSPS) is 13.4. The number of halogens is 4. The summed E-state index contributed by atoms with van der Waals surface area (Å²) in [5.74, 6) is -2.18. The second kappa shape index (κ2) is 5.34. The van der Waals surface area contributed by atoms with Gasteiger partial charge in [0, 0.05) is 6.04 Å². The molecule has 0 aliphatic rings. The van der Waals surface area contributed by atoms with Gasteiger partial charge in [-0.2, -0.15) is 13.2 Å². The van der Waals surface area contributed by atoms with Crippen molar-refractivity contribution in [3.05, 3.63) is 35.1 Å². The van der Waals surface area contributed by atoms with Crippen LogP contribution in [0, 0.1) is 5.82 Å². The van der Waals surface area contributed by atoms with E-state index < -0.39 is 29.6 Å².